The number of hydrogen-bond acceptors (Lipinski definition) is 8. The second kappa shape index (κ2) is 10.4. The van der Waals surface area contributed by atoms with E-state index in [-0.39, 0.29) is 36.2 Å². The zero-order chi connectivity index (χ0) is 22.5. The molecule has 0 radical (unpaired) electrons. The Kier molecular flexibility index (Phi) is 7.82. The summed E-state index contributed by atoms with van der Waals surface area (Å²) in [6, 6.07) is 3.67. The molecule has 2 aromatic rings. The third-order valence-corrected chi connectivity index (χ3v) is 5.93. The molecule has 1 aliphatic heterocycles. The molecule has 1 amide bonds. The number of aliphatic hydroxyl groups is 1. The zero-order valence-corrected chi connectivity index (χ0v) is 19.4. The molecule has 0 unspecified atom stereocenters. The maximum absolute atomic E-state index is 13.3. The van der Waals surface area contributed by atoms with E-state index in [9.17, 15) is 9.59 Å². The average molecular weight is 463 g/mol. The van der Waals surface area contributed by atoms with Crippen LogP contribution < -0.4 is 10.9 Å². The van der Waals surface area contributed by atoms with Gasteiger partial charge in [0.25, 0.3) is 11.5 Å². The predicted molar refractivity (Wildman–Crippen MR) is 127 cm³/mol. The van der Waals surface area contributed by atoms with E-state index in [0.717, 1.165) is 5.56 Å². The van der Waals surface area contributed by atoms with Gasteiger partial charge in [0.05, 0.1) is 30.3 Å². The number of carbonyl (C=O) groups excluding carboxylic acids is 1. The molecule has 1 aliphatic rings. The Morgan fingerprint density at radius 1 is 1.35 bits per heavy atom. The van der Waals surface area contributed by atoms with Crippen molar-refractivity contribution in [1.82, 2.24) is 14.3 Å². The predicted octanol–water partition coefficient (Wildman–Crippen LogP) is 2.28. The fourth-order valence-corrected chi connectivity index (χ4v) is 4.40. The first-order valence-electron chi connectivity index (χ1n) is 10.0. The summed E-state index contributed by atoms with van der Waals surface area (Å²) in [6.45, 7) is 7.36. The van der Waals surface area contributed by atoms with E-state index in [2.05, 4.69) is 10.3 Å². The highest BCUT2D eigenvalue weighted by molar-refractivity contribution is 8.26. The number of nitrogens with one attached hydrogen (secondary N) is 1. The van der Waals surface area contributed by atoms with Gasteiger partial charge in [-0.05, 0) is 30.5 Å². The van der Waals surface area contributed by atoms with E-state index >= 15 is 0 Å². The van der Waals surface area contributed by atoms with Crippen molar-refractivity contribution in [2.45, 2.75) is 20.8 Å². The van der Waals surface area contributed by atoms with Gasteiger partial charge < -0.3 is 15.2 Å². The van der Waals surface area contributed by atoms with Crippen molar-refractivity contribution in [3.63, 3.8) is 0 Å². The first-order chi connectivity index (χ1) is 14.8. The summed E-state index contributed by atoms with van der Waals surface area (Å²) in [4.78, 5) is 32.8. The average Bonchev–Trinajstić information content (AvgIpc) is 2.98. The number of nitrogens with zero attached hydrogens (tertiary/aromatic N) is 3. The molecule has 3 heterocycles. The summed E-state index contributed by atoms with van der Waals surface area (Å²) < 4.78 is 7.24. The summed E-state index contributed by atoms with van der Waals surface area (Å²) in [5.41, 5.74) is 1.40. The van der Waals surface area contributed by atoms with Crippen LogP contribution in [-0.4, -0.2) is 62.5 Å². The van der Waals surface area contributed by atoms with Crippen molar-refractivity contribution in [3.05, 3.63) is 44.7 Å². The molecular weight excluding hydrogens is 436 g/mol. The number of aromatic nitrogens is 2. The summed E-state index contributed by atoms with van der Waals surface area (Å²) >= 11 is 6.57. The fourth-order valence-electron chi connectivity index (χ4n) is 3.14. The molecule has 0 aromatic carbocycles. The molecule has 0 spiro atoms. The molecular formula is C21H26N4O4S2. The minimum atomic E-state index is -0.276. The van der Waals surface area contributed by atoms with Crippen LogP contribution in [0.2, 0.25) is 0 Å². The van der Waals surface area contributed by atoms with Gasteiger partial charge in [0.15, 0.2) is 0 Å². The van der Waals surface area contributed by atoms with E-state index in [1.165, 1.54) is 16.2 Å². The molecule has 0 aliphatic carbocycles. The first-order valence-corrected chi connectivity index (χ1v) is 11.3. The number of aryl methyl sites for hydroxylation is 1. The lowest BCUT2D eigenvalue weighted by molar-refractivity contribution is -0.122. The quantitative estimate of drug-likeness (QED) is 0.333. The van der Waals surface area contributed by atoms with Crippen LogP contribution in [0.15, 0.2) is 28.0 Å². The molecule has 3 rings (SSSR count). The van der Waals surface area contributed by atoms with Crippen molar-refractivity contribution in [2.75, 3.05) is 38.2 Å². The van der Waals surface area contributed by atoms with Gasteiger partial charge in [-0.15, -0.1) is 0 Å². The molecule has 1 fully saturated rings. The van der Waals surface area contributed by atoms with Crippen LogP contribution in [0.25, 0.3) is 11.7 Å². The van der Waals surface area contributed by atoms with Crippen molar-refractivity contribution in [2.24, 2.45) is 5.92 Å². The minimum Gasteiger partial charge on any atom is -0.394 e. The third kappa shape index (κ3) is 5.32. The Balaban J connectivity index is 2.01. The van der Waals surface area contributed by atoms with E-state index in [1.54, 1.807) is 23.2 Å². The number of rotatable bonds is 9. The van der Waals surface area contributed by atoms with E-state index in [1.807, 2.05) is 26.8 Å². The van der Waals surface area contributed by atoms with Gasteiger partial charge in [-0.2, -0.15) is 0 Å². The second-order valence-electron chi connectivity index (χ2n) is 7.51. The van der Waals surface area contributed by atoms with Crippen LogP contribution in [0.5, 0.6) is 0 Å². The van der Waals surface area contributed by atoms with Gasteiger partial charge in [0.1, 0.15) is 15.8 Å². The number of pyridine rings is 1. The summed E-state index contributed by atoms with van der Waals surface area (Å²) in [7, 11) is 0. The number of amides is 1. The lowest BCUT2D eigenvalue weighted by atomic mass is 10.2. The smallest absolute Gasteiger partial charge is 0.267 e. The highest BCUT2D eigenvalue weighted by atomic mass is 32.2. The monoisotopic (exact) mass is 462 g/mol. The molecule has 31 heavy (non-hydrogen) atoms. The molecule has 10 heteroatoms. The Bertz CT molecular complexity index is 1080. The van der Waals surface area contributed by atoms with Gasteiger partial charge in [0, 0.05) is 19.3 Å². The number of carbonyl (C=O) groups is 1. The Hall–Kier alpha value is -2.27. The highest BCUT2D eigenvalue weighted by Gasteiger charge is 2.32. The van der Waals surface area contributed by atoms with Crippen molar-refractivity contribution < 1.29 is 14.6 Å². The van der Waals surface area contributed by atoms with Gasteiger partial charge in [-0.25, -0.2) is 4.98 Å². The number of aliphatic hydroxyl groups excluding tert-OH is 1. The highest BCUT2D eigenvalue weighted by Crippen LogP contribution is 2.33. The van der Waals surface area contributed by atoms with Gasteiger partial charge in [-0.1, -0.05) is 43.9 Å². The number of hydrogen-bond donors (Lipinski definition) is 2. The number of fused-ring (bicyclic) bond motifs is 1. The Morgan fingerprint density at radius 3 is 2.84 bits per heavy atom. The van der Waals surface area contributed by atoms with Crippen LogP contribution in [0, 0.1) is 12.8 Å². The van der Waals surface area contributed by atoms with Crippen LogP contribution >= 0.6 is 24.0 Å². The van der Waals surface area contributed by atoms with Gasteiger partial charge in [-0.3, -0.25) is 18.9 Å². The fraction of sp³-hybridized carbons (Fsp3) is 0.429. The third-order valence-electron chi connectivity index (χ3n) is 4.56. The SMILES string of the molecule is Cc1cccn2c(=O)c(C=C3SC(=S)N(CC(C)C)C3=O)c(NCCOCCO)nc12. The van der Waals surface area contributed by atoms with Crippen molar-refractivity contribution in [3.8, 4) is 0 Å². The minimum absolute atomic E-state index is 0.0573. The summed E-state index contributed by atoms with van der Waals surface area (Å²) in [5.74, 6) is 0.449. The molecule has 0 atom stereocenters. The molecule has 2 N–H and O–H groups in total. The normalized spacial score (nSPS) is 15.6. The van der Waals surface area contributed by atoms with Gasteiger partial charge >= 0.3 is 0 Å². The molecule has 166 valence electrons. The Labute approximate surface area is 190 Å². The Morgan fingerprint density at radius 2 is 2.13 bits per heavy atom. The lowest BCUT2D eigenvalue weighted by Gasteiger charge is -2.16. The first kappa shape index (κ1) is 23.4. The number of ether oxygens (including phenoxy) is 1. The largest absolute Gasteiger partial charge is 0.394 e. The van der Waals surface area contributed by atoms with Crippen molar-refractivity contribution in [1.29, 1.82) is 0 Å². The van der Waals surface area contributed by atoms with E-state index < -0.39 is 0 Å². The second-order valence-corrected chi connectivity index (χ2v) is 9.19. The summed E-state index contributed by atoms with van der Waals surface area (Å²) in [6.07, 6.45) is 3.23. The van der Waals surface area contributed by atoms with Crippen LogP contribution in [0.3, 0.4) is 0 Å². The summed E-state index contributed by atoms with van der Waals surface area (Å²) in [5, 5.41) is 12.0. The standard InChI is InChI=1S/C21H26N4O4S2/c1-13(2)12-25-20(28)16(31-21(25)30)11-15-17(22-6-9-29-10-8-26)23-18-14(3)5-4-7-24(18)19(15)27/h4-5,7,11,13,22,26H,6,8-10,12H2,1-3H3. The zero-order valence-electron chi connectivity index (χ0n) is 17.8. The number of anilines is 1. The topological polar surface area (TPSA) is 96.2 Å². The van der Waals surface area contributed by atoms with Crippen LogP contribution in [-0.2, 0) is 9.53 Å². The molecule has 0 saturated carbocycles. The lowest BCUT2D eigenvalue weighted by Crippen LogP contribution is -2.31. The molecule has 2 aromatic heterocycles. The molecule has 1 saturated heterocycles. The van der Waals surface area contributed by atoms with E-state index in [4.69, 9.17) is 22.1 Å². The number of thioether (sulfide) groups is 1. The molecule has 8 nitrogen and oxygen atoms in total. The number of thiocarbonyl (C=S) groups is 1. The van der Waals surface area contributed by atoms with E-state index in [0.29, 0.717) is 40.4 Å². The van der Waals surface area contributed by atoms with Crippen LogP contribution in [0.4, 0.5) is 5.82 Å². The van der Waals surface area contributed by atoms with Crippen molar-refractivity contribution >= 4 is 51.7 Å². The van der Waals surface area contributed by atoms with Crippen LogP contribution in [0.1, 0.15) is 25.0 Å². The maximum Gasteiger partial charge on any atom is 0.267 e. The van der Waals surface area contributed by atoms with Gasteiger partial charge in [0.2, 0.25) is 0 Å². The molecule has 0 bridgehead atoms. The maximum atomic E-state index is 13.3.